The highest BCUT2D eigenvalue weighted by Gasteiger charge is 2.21. The third-order valence-corrected chi connectivity index (χ3v) is 3.38. The van der Waals surface area contributed by atoms with E-state index in [-0.39, 0.29) is 29.9 Å². The maximum atomic E-state index is 12.0. The number of nitro groups is 1. The van der Waals surface area contributed by atoms with Gasteiger partial charge in [-0.2, -0.15) is 0 Å². The van der Waals surface area contributed by atoms with Gasteiger partial charge in [0.1, 0.15) is 0 Å². The fourth-order valence-corrected chi connectivity index (χ4v) is 2.21. The number of nitro benzene ring substituents is 1. The molecule has 7 heteroatoms. The summed E-state index contributed by atoms with van der Waals surface area (Å²) in [4.78, 5) is 22.4. The standard InChI is InChI=1S/C13H17N3O3.ClH/c1-9-2-3-11(8-12(9)16(18)19)15-13(17)10-4-6-14-7-5-10;/h2-3,8,10,14H,4-7H2,1H3,(H,15,17);1H. The van der Waals surface area contributed by atoms with Crippen LogP contribution in [0.4, 0.5) is 11.4 Å². The van der Waals surface area contributed by atoms with Crippen LogP contribution in [0.3, 0.4) is 0 Å². The molecule has 110 valence electrons. The van der Waals surface area contributed by atoms with Gasteiger partial charge in [0.15, 0.2) is 0 Å². The van der Waals surface area contributed by atoms with Crippen LogP contribution in [0.1, 0.15) is 18.4 Å². The summed E-state index contributed by atoms with van der Waals surface area (Å²) in [5, 5.41) is 16.8. The molecule has 0 saturated carbocycles. The van der Waals surface area contributed by atoms with Crippen molar-refractivity contribution in [2.45, 2.75) is 19.8 Å². The molecule has 1 amide bonds. The number of aryl methyl sites for hydroxylation is 1. The summed E-state index contributed by atoms with van der Waals surface area (Å²) in [6, 6.07) is 4.76. The number of benzene rings is 1. The van der Waals surface area contributed by atoms with Gasteiger partial charge in [-0.15, -0.1) is 12.4 Å². The average Bonchev–Trinajstić information content (AvgIpc) is 2.41. The van der Waals surface area contributed by atoms with E-state index < -0.39 is 4.92 Å². The minimum atomic E-state index is -0.435. The normalized spacial score (nSPS) is 15.2. The van der Waals surface area contributed by atoms with E-state index >= 15 is 0 Å². The number of carbonyl (C=O) groups excluding carboxylic acids is 1. The summed E-state index contributed by atoms with van der Waals surface area (Å²) in [7, 11) is 0. The van der Waals surface area contributed by atoms with Crippen LogP contribution in [-0.4, -0.2) is 23.9 Å². The highest BCUT2D eigenvalue weighted by Crippen LogP contribution is 2.23. The highest BCUT2D eigenvalue weighted by atomic mass is 35.5. The Hall–Kier alpha value is -1.66. The Balaban J connectivity index is 0.00000200. The van der Waals surface area contributed by atoms with E-state index in [0.29, 0.717) is 11.3 Å². The molecule has 1 aliphatic heterocycles. The smallest absolute Gasteiger partial charge is 0.274 e. The number of halogens is 1. The fourth-order valence-electron chi connectivity index (χ4n) is 2.21. The third-order valence-electron chi connectivity index (χ3n) is 3.38. The molecule has 1 fully saturated rings. The van der Waals surface area contributed by atoms with Gasteiger partial charge in [0.05, 0.1) is 4.92 Å². The molecule has 1 saturated heterocycles. The van der Waals surface area contributed by atoms with Crippen LogP contribution < -0.4 is 10.6 Å². The lowest BCUT2D eigenvalue weighted by Gasteiger charge is -2.21. The largest absolute Gasteiger partial charge is 0.326 e. The van der Waals surface area contributed by atoms with Crippen LogP contribution in [0, 0.1) is 23.0 Å². The molecule has 0 radical (unpaired) electrons. The van der Waals surface area contributed by atoms with Gasteiger partial charge in [0.25, 0.3) is 5.69 Å². The second-order valence-corrected chi connectivity index (χ2v) is 4.77. The summed E-state index contributed by atoms with van der Waals surface area (Å²) < 4.78 is 0. The Labute approximate surface area is 123 Å². The summed E-state index contributed by atoms with van der Waals surface area (Å²) in [5.74, 6) is -0.0683. The monoisotopic (exact) mass is 299 g/mol. The van der Waals surface area contributed by atoms with Crippen molar-refractivity contribution in [1.29, 1.82) is 0 Å². The van der Waals surface area contributed by atoms with Crippen LogP contribution in [-0.2, 0) is 4.79 Å². The minimum absolute atomic E-state index is 0. The van der Waals surface area contributed by atoms with Crippen molar-refractivity contribution in [3.05, 3.63) is 33.9 Å². The number of carbonyl (C=O) groups is 1. The summed E-state index contributed by atoms with van der Waals surface area (Å²) in [6.45, 7) is 3.36. The van der Waals surface area contributed by atoms with Crippen LogP contribution in [0.2, 0.25) is 0 Å². The SMILES string of the molecule is Cc1ccc(NC(=O)C2CCNCC2)cc1[N+](=O)[O-].Cl. The van der Waals surface area contributed by atoms with E-state index in [1.54, 1.807) is 19.1 Å². The second kappa shape index (κ2) is 7.21. The van der Waals surface area contributed by atoms with E-state index in [2.05, 4.69) is 10.6 Å². The van der Waals surface area contributed by atoms with Gasteiger partial charge in [-0.1, -0.05) is 6.07 Å². The maximum Gasteiger partial charge on any atom is 0.274 e. The Bertz CT molecular complexity index is 502. The lowest BCUT2D eigenvalue weighted by molar-refractivity contribution is -0.385. The predicted molar refractivity (Wildman–Crippen MR) is 79.3 cm³/mol. The van der Waals surface area contributed by atoms with Crippen LogP contribution in [0.15, 0.2) is 18.2 Å². The summed E-state index contributed by atoms with van der Waals surface area (Å²) >= 11 is 0. The highest BCUT2D eigenvalue weighted by molar-refractivity contribution is 5.93. The molecule has 0 aliphatic carbocycles. The first-order chi connectivity index (χ1) is 9.08. The van der Waals surface area contributed by atoms with Crippen molar-refractivity contribution in [3.63, 3.8) is 0 Å². The van der Waals surface area contributed by atoms with Crippen LogP contribution in [0.5, 0.6) is 0 Å². The maximum absolute atomic E-state index is 12.0. The molecule has 0 aromatic heterocycles. The molecule has 0 spiro atoms. The molecule has 1 heterocycles. The molecule has 1 aliphatic rings. The quantitative estimate of drug-likeness (QED) is 0.662. The van der Waals surface area contributed by atoms with Crippen molar-refractivity contribution < 1.29 is 9.72 Å². The molecule has 6 nitrogen and oxygen atoms in total. The Morgan fingerprint density at radius 1 is 1.40 bits per heavy atom. The van der Waals surface area contributed by atoms with Gasteiger partial charge in [-0.3, -0.25) is 14.9 Å². The number of hydrogen-bond donors (Lipinski definition) is 2. The van der Waals surface area contributed by atoms with E-state index in [9.17, 15) is 14.9 Å². The van der Waals surface area contributed by atoms with Gasteiger partial charge < -0.3 is 10.6 Å². The van der Waals surface area contributed by atoms with Gasteiger partial charge in [0, 0.05) is 23.2 Å². The first kappa shape index (κ1) is 16.4. The molecule has 2 N–H and O–H groups in total. The molecule has 0 bridgehead atoms. The average molecular weight is 300 g/mol. The predicted octanol–water partition coefficient (Wildman–Crippen LogP) is 2.26. The molecule has 1 aromatic rings. The van der Waals surface area contributed by atoms with Crippen molar-refractivity contribution in [2.75, 3.05) is 18.4 Å². The first-order valence-electron chi connectivity index (χ1n) is 6.34. The third kappa shape index (κ3) is 3.91. The van der Waals surface area contributed by atoms with Gasteiger partial charge in [0.2, 0.25) is 5.91 Å². The molecule has 0 atom stereocenters. The first-order valence-corrected chi connectivity index (χ1v) is 6.34. The van der Waals surface area contributed by atoms with Crippen molar-refractivity contribution in [3.8, 4) is 0 Å². The summed E-state index contributed by atoms with van der Waals surface area (Å²) in [6.07, 6.45) is 1.61. The van der Waals surface area contributed by atoms with E-state index in [1.165, 1.54) is 6.07 Å². The molecule has 0 unspecified atom stereocenters. The topological polar surface area (TPSA) is 84.3 Å². The number of amides is 1. The molecular formula is C13H18ClN3O3. The van der Waals surface area contributed by atoms with Crippen LogP contribution >= 0.6 is 12.4 Å². The van der Waals surface area contributed by atoms with Gasteiger partial charge >= 0.3 is 0 Å². The Morgan fingerprint density at radius 2 is 2.05 bits per heavy atom. The van der Waals surface area contributed by atoms with Crippen molar-refractivity contribution in [2.24, 2.45) is 5.92 Å². The van der Waals surface area contributed by atoms with Crippen molar-refractivity contribution >= 4 is 29.7 Å². The fraction of sp³-hybridized carbons (Fsp3) is 0.462. The molecule has 2 rings (SSSR count). The Kier molecular flexibility index (Phi) is 5.91. The zero-order chi connectivity index (χ0) is 13.8. The molecular weight excluding hydrogens is 282 g/mol. The number of anilines is 1. The zero-order valence-corrected chi connectivity index (χ0v) is 12.0. The van der Waals surface area contributed by atoms with Gasteiger partial charge in [-0.25, -0.2) is 0 Å². The zero-order valence-electron chi connectivity index (χ0n) is 11.2. The lowest BCUT2D eigenvalue weighted by atomic mass is 9.97. The summed E-state index contributed by atoms with van der Waals surface area (Å²) in [5.41, 5.74) is 1.11. The second-order valence-electron chi connectivity index (χ2n) is 4.77. The molecule has 1 aromatic carbocycles. The van der Waals surface area contributed by atoms with Crippen molar-refractivity contribution in [1.82, 2.24) is 5.32 Å². The lowest BCUT2D eigenvalue weighted by Crippen LogP contribution is -2.34. The molecule has 20 heavy (non-hydrogen) atoms. The number of piperidine rings is 1. The Morgan fingerprint density at radius 3 is 2.65 bits per heavy atom. The van der Waals surface area contributed by atoms with E-state index in [4.69, 9.17) is 0 Å². The van der Waals surface area contributed by atoms with Gasteiger partial charge in [-0.05, 0) is 38.9 Å². The minimum Gasteiger partial charge on any atom is -0.326 e. The number of hydrogen-bond acceptors (Lipinski definition) is 4. The van der Waals surface area contributed by atoms with E-state index in [0.717, 1.165) is 25.9 Å². The van der Waals surface area contributed by atoms with E-state index in [1.807, 2.05) is 0 Å². The van der Waals surface area contributed by atoms with Crippen LogP contribution in [0.25, 0.3) is 0 Å². The number of rotatable bonds is 3. The number of nitrogens with one attached hydrogen (secondary N) is 2. The number of nitrogens with zero attached hydrogens (tertiary/aromatic N) is 1.